The molecule has 2 amide bonds. The first-order chi connectivity index (χ1) is 15.6. The highest BCUT2D eigenvalue weighted by Crippen LogP contribution is 2.26. The molecule has 2 aliphatic heterocycles. The van der Waals surface area contributed by atoms with E-state index in [1.54, 1.807) is 9.80 Å². The van der Waals surface area contributed by atoms with Crippen LogP contribution in [0, 0.1) is 0 Å². The van der Waals surface area contributed by atoms with Gasteiger partial charge in [0.25, 0.3) is 0 Å². The van der Waals surface area contributed by atoms with Gasteiger partial charge in [0.2, 0.25) is 11.8 Å². The van der Waals surface area contributed by atoms with Crippen LogP contribution in [-0.2, 0) is 20.8 Å². The van der Waals surface area contributed by atoms with E-state index in [1.165, 1.54) is 0 Å². The third-order valence-corrected chi connectivity index (χ3v) is 6.36. The van der Waals surface area contributed by atoms with Gasteiger partial charge in [-0.2, -0.15) is 0 Å². The lowest BCUT2D eigenvalue weighted by molar-refractivity contribution is -0.146. The Hall–Kier alpha value is -3.15. The molecular weight excluding hydrogens is 404 g/mol. The van der Waals surface area contributed by atoms with E-state index in [9.17, 15) is 14.4 Å². The highest BCUT2D eigenvalue weighted by molar-refractivity contribution is 5.94. The fourth-order valence-corrected chi connectivity index (χ4v) is 4.69. The van der Waals surface area contributed by atoms with Crippen LogP contribution in [0.5, 0.6) is 5.75 Å². The van der Waals surface area contributed by atoms with Crippen molar-refractivity contribution >= 4 is 17.6 Å². The van der Waals surface area contributed by atoms with Crippen molar-refractivity contribution in [2.24, 2.45) is 0 Å². The highest BCUT2D eigenvalue weighted by atomic mass is 16.5. The van der Waals surface area contributed by atoms with E-state index in [4.69, 9.17) is 4.74 Å². The van der Waals surface area contributed by atoms with Crippen LogP contribution in [0.3, 0.4) is 0 Å². The number of hydrogen-bond acceptors (Lipinski definition) is 4. The van der Waals surface area contributed by atoms with Gasteiger partial charge in [-0.1, -0.05) is 48.5 Å². The molecule has 2 atom stereocenters. The lowest BCUT2D eigenvalue weighted by Gasteiger charge is -2.31. The highest BCUT2D eigenvalue weighted by Gasteiger charge is 2.41. The molecule has 2 saturated heterocycles. The Morgan fingerprint density at radius 2 is 1.44 bits per heavy atom. The number of amides is 2. The number of aryl methyl sites for hydroxylation is 1. The van der Waals surface area contributed by atoms with Gasteiger partial charge in [-0.3, -0.25) is 14.4 Å². The third-order valence-electron chi connectivity index (χ3n) is 6.36. The molecule has 0 N–H and O–H groups in total. The number of rotatable bonds is 8. The molecule has 0 unspecified atom stereocenters. The van der Waals surface area contributed by atoms with E-state index in [0.717, 1.165) is 18.4 Å². The summed E-state index contributed by atoms with van der Waals surface area (Å²) in [6, 6.07) is 18.2. The average molecular weight is 435 g/mol. The van der Waals surface area contributed by atoms with Gasteiger partial charge in [0.05, 0.1) is 6.04 Å². The van der Waals surface area contributed by atoms with Crippen LogP contribution in [0.25, 0.3) is 0 Å². The maximum Gasteiger partial charge on any atom is 0.245 e. The van der Waals surface area contributed by atoms with Crippen LogP contribution >= 0.6 is 0 Å². The fraction of sp³-hybridized carbons (Fsp3) is 0.423. The Labute approximate surface area is 189 Å². The maximum absolute atomic E-state index is 13.4. The lowest BCUT2D eigenvalue weighted by atomic mass is 10.1. The number of hydrogen-bond donors (Lipinski definition) is 0. The Kier molecular flexibility index (Phi) is 7.20. The summed E-state index contributed by atoms with van der Waals surface area (Å²) in [5, 5.41) is 0. The van der Waals surface area contributed by atoms with Crippen LogP contribution in [-0.4, -0.2) is 59.2 Å². The number of ether oxygens (including phenoxy) is 1. The van der Waals surface area contributed by atoms with Gasteiger partial charge in [0, 0.05) is 19.5 Å². The zero-order valence-corrected chi connectivity index (χ0v) is 18.3. The smallest absolute Gasteiger partial charge is 0.245 e. The molecule has 0 aromatic heterocycles. The minimum absolute atomic E-state index is 0.0131. The first-order valence-corrected chi connectivity index (χ1v) is 11.5. The predicted molar refractivity (Wildman–Crippen MR) is 121 cm³/mol. The molecule has 6 heteroatoms. The van der Waals surface area contributed by atoms with Crippen molar-refractivity contribution in [2.75, 3.05) is 19.7 Å². The van der Waals surface area contributed by atoms with E-state index in [-0.39, 0.29) is 24.2 Å². The van der Waals surface area contributed by atoms with E-state index in [0.29, 0.717) is 44.5 Å². The second-order valence-corrected chi connectivity index (χ2v) is 8.49. The Balaban J connectivity index is 1.35. The molecule has 2 fully saturated rings. The largest absolute Gasteiger partial charge is 0.486 e. The summed E-state index contributed by atoms with van der Waals surface area (Å²) in [5.41, 5.74) is 1.12. The van der Waals surface area contributed by atoms with E-state index in [2.05, 4.69) is 0 Å². The number of Topliss-reactive ketones (excluding diaryl/α,β-unsaturated/α-hetero) is 1. The summed E-state index contributed by atoms with van der Waals surface area (Å²) >= 11 is 0. The maximum atomic E-state index is 13.4. The number of benzene rings is 2. The number of ketones is 1. The zero-order chi connectivity index (χ0) is 22.3. The molecule has 2 aromatic carbocycles. The molecule has 0 radical (unpaired) electrons. The summed E-state index contributed by atoms with van der Waals surface area (Å²) < 4.78 is 5.62. The molecule has 2 aliphatic rings. The van der Waals surface area contributed by atoms with Crippen molar-refractivity contribution in [1.29, 1.82) is 0 Å². The van der Waals surface area contributed by atoms with Crippen molar-refractivity contribution in [2.45, 2.75) is 50.6 Å². The quantitative estimate of drug-likeness (QED) is 0.640. The first kappa shape index (κ1) is 22.1. The van der Waals surface area contributed by atoms with E-state index >= 15 is 0 Å². The van der Waals surface area contributed by atoms with Crippen molar-refractivity contribution < 1.29 is 19.1 Å². The summed E-state index contributed by atoms with van der Waals surface area (Å²) in [5.74, 6) is 0.479. The van der Waals surface area contributed by atoms with Crippen molar-refractivity contribution in [3.63, 3.8) is 0 Å². The standard InChI is InChI=1S/C26H30N2O4/c29-24(19-32-21-11-5-2-6-12-21)22-13-7-18-28(22)26(31)23-14-8-17-27(23)25(30)16-15-20-9-3-1-4-10-20/h1-6,9-12,22-23H,7-8,13-19H2/t22-,23-/m0/s1. The van der Waals surface area contributed by atoms with Gasteiger partial charge < -0.3 is 14.5 Å². The van der Waals surface area contributed by atoms with Gasteiger partial charge in [-0.05, 0) is 49.8 Å². The zero-order valence-electron chi connectivity index (χ0n) is 18.3. The molecule has 0 bridgehead atoms. The lowest BCUT2D eigenvalue weighted by Crippen LogP contribution is -2.51. The average Bonchev–Trinajstić information content (AvgIpc) is 3.52. The van der Waals surface area contributed by atoms with Gasteiger partial charge in [0.15, 0.2) is 5.78 Å². The Morgan fingerprint density at radius 3 is 2.16 bits per heavy atom. The molecule has 168 valence electrons. The molecule has 0 spiro atoms. The summed E-state index contributed by atoms with van der Waals surface area (Å²) in [7, 11) is 0. The topological polar surface area (TPSA) is 66.9 Å². The van der Waals surface area contributed by atoms with Crippen molar-refractivity contribution in [3.05, 3.63) is 66.2 Å². The number of nitrogens with zero attached hydrogens (tertiary/aromatic N) is 2. The van der Waals surface area contributed by atoms with Crippen LogP contribution in [0.4, 0.5) is 0 Å². The van der Waals surface area contributed by atoms with Crippen molar-refractivity contribution in [1.82, 2.24) is 9.80 Å². The fourth-order valence-electron chi connectivity index (χ4n) is 4.69. The van der Waals surface area contributed by atoms with Crippen LogP contribution < -0.4 is 4.74 Å². The van der Waals surface area contributed by atoms with Gasteiger partial charge in [0.1, 0.15) is 18.4 Å². The van der Waals surface area contributed by atoms with E-state index in [1.807, 2.05) is 60.7 Å². The molecule has 0 saturated carbocycles. The number of likely N-dealkylation sites (tertiary alicyclic amines) is 2. The summed E-state index contributed by atoms with van der Waals surface area (Å²) in [4.78, 5) is 42.5. The third kappa shape index (κ3) is 5.18. The second kappa shape index (κ2) is 10.4. The molecule has 0 aliphatic carbocycles. The number of carbonyl (C=O) groups is 3. The molecule has 2 aromatic rings. The number of para-hydroxylation sites is 1. The predicted octanol–water partition coefficient (Wildman–Crippen LogP) is 3.25. The minimum atomic E-state index is -0.465. The monoisotopic (exact) mass is 434 g/mol. The molecule has 4 rings (SSSR count). The van der Waals surface area contributed by atoms with Gasteiger partial charge in [-0.25, -0.2) is 0 Å². The molecular formula is C26H30N2O4. The molecule has 2 heterocycles. The van der Waals surface area contributed by atoms with Gasteiger partial charge >= 0.3 is 0 Å². The van der Waals surface area contributed by atoms with E-state index < -0.39 is 12.1 Å². The Morgan fingerprint density at radius 1 is 0.812 bits per heavy atom. The Bertz CT molecular complexity index is 856. The van der Waals surface area contributed by atoms with Crippen molar-refractivity contribution in [3.8, 4) is 5.75 Å². The second-order valence-electron chi connectivity index (χ2n) is 8.49. The normalized spacial score (nSPS) is 20.4. The van der Waals surface area contributed by atoms with Crippen LogP contribution in [0.2, 0.25) is 0 Å². The number of carbonyl (C=O) groups excluding carboxylic acids is 3. The van der Waals surface area contributed by atoms with Crippen LogP contribution in [0.15, 0.2) is 60.7 Å². The summed E-state index contributed by atoms with van der Waals surface area (Å²) in [6.07, 6.45) is 3.98. The SMILES string of the molecule is O=C(COc1ccccc1)[C@@H]1CCCN1C(=O)[C@@H]1CCCN1C(=O)CCc1ccccc1. The summed E-state index contributed by atoms with van der Waals surface area (Å²) in [6.45, 7) is 1.11. The van der Waals surface area contributed by atoms with Crippen LogP contribution in [0.1, 0.15) is 37.7 Å². The minimum Gasteiger partial charge on any atom is -0.486 e. The van der Waals surface area contributed by atoms with Gasteiger partial charge in [-0.15, -0.1) is 0 Å². The molecule has 32 heavy (non-hydrogen) atoms. The first-order valence-electron chi connectivity index (χ1n) is 11.5. The molecule has 6 nitrogen and oxygen atoms in total.